The first kappa shape index (κ1) is 17.6. The number of hydrogen-bond acceptors (Lipinski definition) is 4. The zero-order valence-corrected chi connectivity index (χ0v) is 15.3. The van der Waals surface area contributed by atoms with Gasteiger partial charge in [-0.15, -0.1) is 0 Å². The van der Waals surface area contributed by atoms with E-state index in [1.165, 1.54) is 0 Å². The van der Waals surface area contributed by atoms with Crippen molar-refractivity contribution in [2.75, 3.05) is 13.1 Å². The van der Waals surface area contributed by atoms with Crippen LogP contribution in [0, 0.1) is 11.3 Å². The van der Waals surface area contributed by atoms with E-state index in [1.54, 1.807) is 4.90 Å². The molecule has 2 rings (SSSR count). The van der Waals surface area contributed by atoms with E-state index in [4.69, 9.17) is 4.74 Å². The Labute approximate surface area is 136 Å². The molecular formula is C16H28N2O3S. The second-order valence-corrected chi connectivity index (χ2v) is 10.6. The van der Waals surface area contributed by atoms with Gasteiger partial charge >= 0.3 is 6.09 Å². The second-order valence-electron chi connectivity index (χ2n) is 8.62. The molecule has 1 aliphatic carbocycles. The summed E-state index contributed by atoms with van der Waals surface area (Å²) in [5, 5.41) is 0. The molecule has 1 heterocycles. The lowest BCUT2D eigenvalue weighted by molar-refractivity contribution is -0.0805. The molecule has 0 bridgehead atoms. The SMILES string of the molecule is CC(C)(C)OC(=O)N1CC2(CC(/C=N/[S@+]([O-])C(C)(C)C)C2)C1. The highest BCUT2D eigenvalue weighted by Gasteiger charge is 2.54. The van der Waals surface area contributed by atoms with Gasteiger partial charge in [-0.05, 0) is 54.4 Å². The first-order valence-electron chi connectivity index (χ1n) is 7.84. The highest BCUT2D eigenvalue weighted by atomic mass is 32.2. The van der Waals surface area contributed by atoms with Gasteiger partial charge in [0.25, 0.3) is 0 Å². The lowest BCUT2D eigenvalue weighted by Gasteiger charge is -2.57. The lowest BCUT2D eigenvalue weighted by atomic mass is 9.58. The predicted molar refractivity (Wildman–Crippen MR) is 89.4 cm³/mol. The Hall–Kier alpha value is -0.750. The fourth-order valence-electron chi connectivity index (χ4n) is 2.93. The highest BCUT2D eigenvalue weighted by molar-refractivity contribution is 7.91. The van der Waals surface area contributed by atoms with Crippen molar-refractivity contribution in [3.05, 3.63) is 0 Å². The number of nitrogens with zero attached hydrogens (tertiary/aromatic N) is 2. The summed E-state index contributed by atoms with van der Waals surface area (Å²) in [6, 6.07) is 0. The van der Waals surface area contributed by atoms with Crippen LogP contribution in [-0.4, -0.2) is 45.2 Å². The number of rotatable bonds is 2. The average molecular weight is 328 g/mol. The van der Waals surface area contributed by atoms with E-state index in [1.807, 2.05) is 47.8 Å². The van der Waals surface area contributed by atoms with Crippen LogP contribution in [0.3, 0.4) is 0 Å². The normalized spacial score (nSPS) is 23.3. The standard InChI is InChI=1S/C16H28N2O3S/c1-14(2,3)21-13(19)18-10-16(11-18)7-12(8-16)9-17-22(20)15(4,5)6/h9,12H,7-8,10-11H2,1-6H3/b17-9+/t22-/m1/s1. The van der Waals surface area contributed by atoms with Crippen molar-refractivity contribution < 1.29 is 14.1 Å². The molecule has 1 saturated heterocycles. The van der Waals surface area contributed by atoms with Crippen molar-refractivity contribution in [2.24, 2.45) is 15.7 Å². The van der Waals surface area contributed by atoms with Gasteiger partial charge in [0, 0.05) is 24.4 Å². The molecule has 1 amide bonds. The molecule has 6 heteroatoms. The Morgan fingerprint density at radius 1 is 1.27 bits per heavy atom. The third kappa shape index (κ3) is 4.16. The number of hydrogen-bond donors (Lipinski definition) is 0. The van der Waals surface area contributed by atoms with Crippen molar-refractivity contribution in [1.29, 1.82) is 0 Å². The minimum atomic E-state index is -1.18. The van der Waals surface area contributed by atoms with Crippen LogP contribution in [-0.2, 0) is 16.1 Å². The maximum atomic E-state index is 11.9. The second kappa shape index (κ2) is 5.71. The molecular weight excluding hydrogens is 300 g/mol. The van der Waals surface area contributed by atoms with Crippen molar-refractivity contribution in [1.82, 2.24) is 4.90 Å². The Morgan fingerprint density at radius 3 is 2.27 bits per heavy atom. The van der Waals surface area contributed by atoms with Gasteiger partial charge in [-0.1, -0.05) is 4.40 Å². The third-order valence-electron chi connectivity index (χ3n) is 3.99. The summed E-state index contributed by atoms with van der Waals surface area (Å²) in [6.45, 7) is 13.0. The van der Waals surface area contributed by atoms with Gasteiger partial charge in [0.05, 0.1) is 6.21 Å². The van der Waals surface area contributed by atoms with Crippen LogP contribution in [0.4, 0.5) is 4.79 Å². The molecule has 0 aromatic rings. The van der Waals surface area contributed by atoms with E-state index in [2.05, 4.69) is 4.40 Å². The zero-order chi connectivity index (χ0) is 16.8. The van der Waals surface area contributed by atoms with Crippen molar-refractivity contribution in [3.63, 3.8) is 0 Å². The first-order chi connectivity index (χ1) is 9.90. The zero-order valence-electron chi connectivity index (χ0n) is 14.5. The van der Waals surface area contributed by atoms with Gasteiger partial charge in [0.1, 0.15) is 21.7 Å². The number of amides is 1. The van der Waals surface area contributed by atoms with Crippen LogP contribution in [0.15, 0.2) is 4.40 Å². The molecule has 1 aliphatic heterocycles. The maximum absolute atomic E-state index is 11.9. The Kier molecular flexibility index (Phi) is 4.57. The minimum absolute atomic E-state index is 0.218. The van der Waals surface area contributed by atoms with E-state index in [0.29, 0.717) is 5.92 Å². The Balaban J connectivity index is 1.73. The van der Waals surface area contributed by atoms with E-state index < -0.39 is 17.0 Å². The summed E-state index contributed by atoms with van der Waals surface area (Å²) in [5.41, 5.74) is -0.192. The summed E-state index contributed by atoms with van der Waals surface area (Å²) in [4.78, 5) is 13.7. The predicted octanol–water partition coefficient (Wildman–Crippen LogP) is 3.17. The van der Waals surface area contributed by atoms with Gasteiger partial charge in [-0.25, -0.2) is 4.79 Å². The van der Waals surface area contributed by atoms with Crippen LogP contribution >= 0.6 is 0 Å². The van der Waals surface area contributed by atoms with Crippen LogP contribution in [0.5, 0.6) is 0 Å². The summed E-state index contributed by atoms with van der Waals surface area (Å²) >= 11 is -1.18. The molecule has 1 spiro atoms. The summed E-state index contributed by atoms with van der Waals surface area (Å²) in [5.74, 6) is 0.395. The molecule has 0 aromatic heterocycles. The molecule has 0 N–H and O–H groups in total. The lowest BCUT2D eigenvalue weighted by Crippen LogP contribution is -2.64. The number of carbonyl (C=O) groups excluding carboxylic acids is 1. The van der Waals surface area contributed by atoms with Crippen molar-refractivity contribution in [3.8, 4) is 0 Å². The van der Waals surface area contributed by atoms with Crippen molar-refractivity contribution in [2.45, 2.75) is 64.7 Å². The topological polar surface area (TPSA) is 65.0 Å². The van der Waals surface area contributed by atoms with E-state index in [-0.39, 0.29) is 16.3 Å². The molecule has 2 fully saturated rings. The quantitative estimate of drug-likeness (QED) is 0.578. The fraction of sp³-hybridized carbons (Fsp3) is 0.875. The van der Waals surface area contributed by atoms with Gasteiger partial charge in [-0.2, -0.15) is 0 Å². The number of likely N-dealkylation sites (tertiary alicyclic amines) is 1. The Morgan fingerprint density at radius 2 is 1.82 bits per heavy atom. The molecule has 2 aliphatic rings. The molecule has 1 saturated carbocycles. The molecule has 22 heavy (non-hydrogen) atoms. The molecule has 1 atom stereocenters. The van der Waals surface area contributed by atoms with E-state index >= 15 is 0 Å². The maximum Gasteiger partial charge on any atom is 0.410 e. The highest BCUT2D eigenvalue weighted by Crippen LogP contribution is 2.51. The summed E-state index contributed by atoms with van der Waals surface area (Å²) < 4.78 is 21.1. The fourth-order valence-corrected chi connectivity index (χ4v) is 3.53. The van der Waals surface area contributed by atoms with E-state index in [0.717, 1.165) is 25.9 Å². The summed E-state index contributed by atoms with van der Waals surface area (Å²) in [6.07, 6.45) is 3.68. The molecule has 5 nitrogen and oxygen atoms in total. The van der Waals surface area contributed by atoms with Gasteiger partial charge in [0.15, 0.2) is 0 Å². The number of ether oxygens (including phenoxy) is 1. The Bertz CT molecular complexity index is 451. The first-order valence-corrected chi connectivity index (χ1v) is 8.95. The largest absolute Gasteiger partial charge is 0.591 e. The van der Waals surface area contributed by atoms with Gasteiger partial charge in [-0.3, -0.25) is 0 Å². The summed E-state index contributed by atoms with van der Waals surface area (Å²) in [7, 11) is 0. The van der Waals surface area contributed by atoms with Crippen LogP contribution in [0.25, 0.3) is 0 Å². The van der Waals surface area contributed by atoms with Crippen molar-refractivity contribution >= 4 is 23.7 Å². The van der Waals surface area contributed by atoms with E-state index in [9.17, 15) is 9.35 Å². The minimum Gasteiger partial charge on any atom is -0.591 e. The van der Waals surface area contributed by atoms with Crippen LogP contribution in [0.2, 0.25) is 0 Å². The molecule has 0 aromatic carbocycles. The average Bonchev–Trinajstić information content (AvgIpc) is 2.19. The monoisotopic (exact) mass is 328 g/mol. The number of carbonyl (C=O) groups is 1. The third-order valence-corrected chi connectivity index (χ3v) is 5.35. The molecule has 0 unspecified atom stereocenters. The molecule has 126 valence electrons. The molecule has 0 radical (unpaired) electrons. The van der Waals surface area contributed by atoms with Crippen LogP contribution < -0.4 is 0 Å². The smallest absolute Gasteiger partial charge is 0.410 e. The van der Waals surface area contributed by atoms with Gasteiger partial charge in [0.2, 0.25) is 0 Å². The van der Waals surface area contributed by atoms with Crippen LogP contribution in [0.1, 0.15) is 54.4 Å². The van der Waals surface area contributed by atoms with Gasteiger partial charge < -0.3 is 14.2 Å².